The highest BCUT2D eigenvalue weighted by molar-refractivity contribution is 7.92. The third-order valence-electron chi connectivity index (χ3n) is 4.00. The van der Waals surface area contributed by atoms with E-state index >= 15 is 0 Å². The molecule has 0 spiro atoms. The summed E-state index contributed by atoms with van der Waals surface area (Å²) in [5.74, 6) is -1.26. The maximum absolute atomic E-state index is 13.0. The molecule has 29 heavy (non-hydrogen) atoms. The maximum Gasteiger partial charge on any atom is 0.335 e. The van der Waals surface area contributed by atoms with Crippen LogP contribution in [0.2, 0.25) is 0 Å². The maximum atomic E-state index is 13.0. The van der Waals surface area contributed by atoms with Crippen molar-refractivity contribution in [1.82, 2.24) is 9.78 Å². The van der Waals surface area contributed by atoms with Gasteiger partial charge in [0.25, 0.3) is 10.0 Å². The van der Waals surface area contributed by atoms with Crippen molar-refractivity contribution < 1.29 is 23.1 Å². The summed E-state index contributed by atoms with van der Waals surface area (Å²) in [6.07, 6.45) is 1.26. The first-order chi connectivity index (χ1) is 13.8. The summed E-state index contributed by atoms with van der Waals surface area (Å²) in [6, 6.07) is 11.7. The third kappa shape index (κ3) is 3.69. The second-order valence-electron chi connectivity index (χ2n) is 5.76. The highest BCUT2D eigenvalue weighted by Gasteiger charge is 2.23. The molecule has 0 aliphatic heterocycles. The molecule has 11 heteroatoms. The van der Waals surface area contributed by atoms with Gasteiger partial charge in [-0.05, 0) is 30.3 Å². The first-order valence-corrected chi connectivity index (χ1v) is 9.54. The fourth-order valence-corrected chi connectivity index (χ4v) is 3.87. The van der Waals surface area contributed by atoms with Crippen molar-refractivity contribution in [3.63, 3.8) is 0 Å². The van der Waals surface area contributed by atoms with E-state index in [4.69, 9.17) is 20.8 Å². The number of nitrogen functional groups attached to an aromatic ring is 1. The Kier molecular flexibility index (Phi) is 5.12. The van der Waals surface area contributed by atoms with Gasteiger partial charge in [0.05, 0.1) is 30.2 Å². The van der Waals surface area contributed by atoms with Gasteiger partial charge in [-0.15, -0.1) is 0 Å². The number of carboxylic acid groups (broad SMARTS) is 1. The van der Waals surface area contributed by atoms with Gasteiger partial charge in [-0.3, -0.25) is 4.72 Å². The Hall–Kier alpha value is -4.04. The van der Waals surface area contributed by atoms with Crippen LogP contribution in [0.1, 0.15) is 15.9 Å². The van der Waals surface area contributed by atoms with Crippen LogP contribution in [-0.4, -0.2) is 36.4 Å². The molecule has 0 aliphatic carbocycles. The number of hydrogen-bond donors (Lipinski definition) is 3. The summed E-state index contributed by atoms with van der Waals surface area (Å²) in [5, 5.41) is 22.2. The predicted octanol–water partition coefficient (Wildman–Crippen LogP) is 1.83. The Balaban J connectivity index is 2.10. The lowest BCUT2D eigenvalue weighted by atomic mass is 10.2. The highest BCUT2D eigenvalue weighted by atomic mass is 32.2. The van der Waals surface area contributed by atoms with Gasteiger partial charge in [-0.1, -0.05) is 12.1 Å². The number of sulfonamides is 1. The van der Waals surface area contributed by atoms with Crippen LogP contribution in [-0.2, 0) is 10.0 Å². The minimum Gasteiger partial charge on any atom is -0.495 e. The monoisotopic (exact) mass is 413 g/mol. The van der Waals surface area contributed by atoms with Crippen molar-refractivity contribution in [2.45, 2.75) is 4.90 Å². The molecule has 0 radical (unpaired) electrons. The summed E-state index contributed by atoms with van der Waals surface area (Å²) in [4.78, 5) is 10.9. The molecule has 4 N–H and O–H groups in total. The molecular formula is C18H15N5O5S. The zero-order chi connectivity index (χ0) is 21.2. The average molecular weight is 413 g/mol. The normalized spacial score (nSPS) is 10.9. The Morgan fingerprint density at radius 2 is 2.03 bits per heavy atom. The lowest BCUT2D eigenvalue weighted by molar-refractivity contribution is 0.0696. The van der Waals surface area contributed by atoms with E-state index in [2.05, 4.69) is 9.82 Å². The number of methoxy groups -OCH3 is 1. The Labute approximate surface area is 165 Å². The van der Waals surface area contributed by atoms with E-state index in [-0.39, 0.29) is 39.0 Å². The zero-order valence-corrected chi connectivity index (χ0v) is 15.8. The van der Waals surface area contributed by atoms with E-state index in [1.807, 2.05) is 6.07 Å². The molecule has 2 aromatic carbocycles. The van der Waals surface area contributed by atoms with Crippen LogP contribution in [0.3, 0.4) is 0 Å². The molecule has 3 aromatic rings. The van der Waals surface area contributed by atoms with Crippen molar-refractivity contribution in [3.8, 4) is 17.5 Å². The molecule has 1 aromatic heterocycles. The highest BCUT2D eigenvalue weighted by Crippen LogP contribution is 2.30. The van der Waals surface area contributed by atoms with Crippen LogP contribution in [0.25, 0.3) is 5.69 Å². The third-order valence-corrected chi connectivity index (χ3v) is 5.39. The number of nitrogens with one attached hydrogen (secondary N) is 1. The van der Waals surface area contributed by atoms with E-state index in [1.54, 1.807) is 18.2 Å². The molecule has 1 heterocycles. The number of rotatable bonds is 6. The molecule has 0 saturated heterocycles. The second-order valence-corrected chi connectivity index (χ2v) is 7.41. The molecule has 0 saturated carbocycles. The topological polar surface area (TPSA) is 160 Å². The van der Waals surface area contributed by atoms with Gasteiger partial charge in [0.15, 0.2) is 0 Å². The number of aromatic nitrogens is 2. The van der Waals surface area contributed by atoms with Crippen LogP contribution in [0, 0.1) is 11.3 Å². The van der Waals surface area contributed by atoms with Gasteiger partial charge >= 0.3 is 5.97 Å². The summed E-state index contributed by atoms with van der Waals surface area (Å²) < 4.78 is 34.7. The standard InChI is InChI=1S/C18H15N5O5S/c1-28-15-7-6-11(18(24)25)8-16(15)29(26,27)22-13-4-2-3-5-14(13)23-17(20)12(9-19)10-21-23/h2-8,10,22H,20H2,1H3,(H,24,25). The van der Waals surface area contributed by atoms with E-state index < -0.39 is 16.0 Å². The lowest BCUT2D eigenvalue weighted by Gasteiger charge is -2.15. The first kappa shape index (κ1) is 19.7. The van der Waals surface area contributed by atoms with Gasteiger partial charge < -0.3 is 15.6 Å². The molecule has 0 amide bonds. The SMILES string of the molecule is COc1ccc(C(=O)O)cc1S(=O)(=O)Nc1ccccc1-n1ncc(C#N)c1N. The number of benzene rings is 2. The second kappa shape index (κ2) is 7.53. The van der Waals surface area contributed by atoms with Gasteiger partial charge in [-0.2, -0.15) is 10.4 Å². The van der Waals surface area contributed by atoms with Gasteiger partial charge in [0.1, 0.15) is 28.1 Å². The quantitative estimate of drug-likeness (QED) is 0.551. The number of hydrogen-bond acceptors (Lipinski definition) is 7. The van der Waals surface area contributed by atoms with Gasteiger partial charge in [-0.25, -0.2) is 17.9 Å². The van der Waals surface area contributed by atoms with Crippen molar-refractivity contribution in [2.75, 3.05) is 17.6 Å². The number of ether oxygens (including phenoxy) is 1. The summed E-state index contributed by atoms with van der Waals surface area (Å²) in [5.41, 5.74) is 6.23. The summed E-state index contributed by atoms with van der Waals surface area (Å²) in [7, 11) is -2.97. The minimum absolute atomic E-state index is 0.0228. The van der Waals surface area contributed by atoms with Crippen molar-refractivity contribution in [2.24, 2.45) is 0 Å². The smallest absolute Gasteiger partial charge is 0.335 e. The van der Waals surface area contributed by atoms with E-state index in [1.165, 1.54) is 36.2 Å². The van der Waals surface area contributed by atoms with E-state index in [0.717, 1.165) is 6.07 Å². The van der Waals surface area contributed by atoms with Crippen molar-refractivity contribution in [3.05, 3.63) is 59.8 Å². The number of anilines is 2. The Morgan fingerprint density at radius 3 is 2.66 bits per heavy atom. The molecule has 0 fully saturated rings. The average Bonchev–Trinajstić information content (AvgIpc) is 3.07. The van der Waals surface area contributed by atoms with E-state index in [9.17, 15) is 13.2 Å². The zero-order valence-electron chi connectivity index (χ0n) is 15.0. The first-order valence-electron chi connectivity index (χ1n) is 8.05. The molecule has 10 nitrogen and oxygen atoms in total. The molecule has 3 rings (SSSR count). The Bertz CT molecular complexity index is 1240. The Morgan fingerprint density at radius 1 is 1.31 bits per heavy atom. The fourth-order valence-electron chi connectivity index (χ4n) is 2.60. The van der Waals surface area contributed by atoms with Gasteiger partial charge in [0.2, 0.25) is 0 Å². The van der Waals surface area contributed by atoms with Crippen LogP contribution >= 0.6 is 0 Å². The summed E-state index contributed by atoms with van der Waals surface area (Å²) >= 11 is 0. The van der Waals surface area contributed by atoms with Crippen LogP contribution in [0.4, 0.5) is 11.5 Å². The lowest BCUT2D eigenvalue weighted by Crippen LogP contribution is -2.17. The molecule has 0 aliphatic rings. The van der Waals surface area contributed by atoms with Crippen LogP contribution in [0.15, 0.2) is 53.6 Å². The molecular weight excluding hydrogens is 398 g/mol. The molecule has 0 atom stereocenters. The fraction of sp³-hybridized carbons (Fsp3) is 0.0556. The molecule has 0 unspecified atom stereocenters. The number of carbonyl (C=O) groups is 1. The number of nitriles is 1. The number of nitrogens with two attached hydrogens (primary N) is 1. The van der Waals surface area contributed by atoms with Gasteiger partial charge in [0, 0.05) is 0 Å². The number of aromatic carboxylic acids is 1. The van der Waals surface area contributed by atoms with Crippen LogP contribution in [0.5, 0.6) is 5.75 Å². The van der Waals surface area contributed by atoms with Crippen LogP contribution < -0.4 is 15.2 Å². The minimum atomic E-state index is -4.24. The molecule has 148 valence electrons. The molecule has 0 bridgehead atoms. The van der Waals surface area contributed by atoms with Crippen molar-refractivity contribution >= 4 is 27.5 Å². The summed E-state index contributed by atoms with van der Waals surface area (Å²) in [6.45, 7) is 0. The van der Waals surface area contributed by atoms with E-state index in [0.29, 0.717) is 0 Å². The largest absolute Gasteiger partial charge is 0.495 e. The predicted molar refractivity (Wildman–Crippen MR) is 103 cm³/mol. The number of carboxylic acids is 1. The number of nitrogens with zero attached hydrogens (tertiary/aromatic N) is 3. The number of para-hydroxylation sites is 2. The van der Waals surface area contributed by atoms with Crippen molar-refractivity contribution in [1.29, 1.82) is 5.26 Å².